The summed E-state index contributed by atoms with van der Waals surface area (Å²) in [5, 5.41) is 6.14. The number of aliphatic imine (C=N–C) groups is 1. The molecule has 2 N–H and O–H groups in total. The highest BCUT2D eigenvalue weighted by atomic mass is 127. The molecule has 28 heavy (non-hydrogen) atoms. The van der Waals surface area contributed by atoms with Crippen molar-refractivity contribution < 1.29 is 22.3 Å². The Morgan fingerprint density at radius 2 is 1.93 bits per heavy atom. The summed E-state index contributed by atoms with van der Waals surface area (Å²) < 4.78 is 57.7. The van der Waals surface area contributed by atoms with Gasteiger partial charge in [0.05, 0.1) is 25.3 Å². The maximum absolute atomic E-state index is 13.2. The standard InChI is InChI=1S/C18H26F4N4O.HI/c1-2-23-17(24-6-3-7-26-8-10-27-11-9-26)25-13-14-4-5-15(19)12-16(14)18(20,21)22;/h4-5,12H,2-3,6-11,13H2,1H3,(H2,23,24,25);1H. The second kappa shape index (κ2) is 12.4. The average Bonchev–Trinajstić information content (AvgIpc) is 2.64. The smallest absolute Gasteiger partial charge is 0.379 e. The van der Waals surface area contributed by atoms with Gasteiger partial charge in [0.1, 0.15) is 5.82 Å². The molecule has 0 radical (unpaired) electrons. The van der Waals surface area contributed by atoms with Crippen molar-refractivity contribution in [3.8, 4) is 0 Å². The van der Waals surface area contributed by atoms with E-state index in [4.69, 9.17) is 4.74 Å². The second-order valence-electron chi connectivity index (χ2n) is 6.23. The molecule has 0 aliphatic carbocycles. The van der Waals surface area contributed by atoms with E-state index in [1.165, 1.54) is 0 Å². The number of alkyl halides is 3. The number of hydrogen-bond acceptors (Lipinski definition) is 3. The molecule has 0 atom stereocenters. The van der Waals surface area contributed by atoms with Crippen LogP contribution in [0.2, 0.25) is 0 Å². The summed E-state index contributed by atoms with van der Waals surface area (Å²) in [6, 6.07) is 2.65. The first-order chi connectivity index (χ1) is 12.9. The molecule has 1 heterocycles. The molecule has 1 fully saturated rings. The first-order valence-corrected chi connectivity index (χ1v) is 9.08. The lowest BCUT2D eigenvalue weighted by Crippen LogP contribution is -2.40. The lowest BCUT2D eigenvalue weighted by Gasteiger charge is -2.26. The molecule has 1 aliphatic rings. The quantitative estimate of drug-likeness (QED) is 0.192. The molecule has 0 bridgehead atoms. The molecule has 1 saturated heterocycles. The van der Waals surface area contributed by atoms with E-state index < -0.39 is 17.6 Å². The predicted molar refractivity (Wildman–Crippen MR) is 112 cm³/mol. The Balaban J connectivity index is 0.00000392. The van der Waals surface area contributed by atoms with Crippen molar-refractivity contribution in [2.24, 2.45) is 4.99 Å². The average molecular weight is 518 g/mol. The van der Waals surface area contributed by atoms with Crippen LogP contribution in [0.5, 0.6) is 0 Å². The lowest BCUT2D eigenvalue weighted by atomic mass is 10.1. The molecule has 1 aliphatic heterocycles. The van der Waals surface area contributed by atoms with Gasteiger partial charge in [0.15, 0.2) is 5.96 Å². The van der Waals surface area contributed by atoms with Crippen LogP contribution in [0.1, 0.15) is 24.5 Å². The second-order valence-corrected chi connectivity index (χ2v) is 6.23. The van der Waals surface area contributed by atoms with Crippen molar-refractivity contribution in [3.05, 3.63) is 35.1 Å². The molecule has 2 rings (SSSR count). The highest BCUT2D eigenvalue weighted by Crippen LogP contribution is 2.32. The highest BCUT2D eigenvalue weighted by molar-refractivity contribution is 14.0. The number of rotatable bonds is 7. The van der Waals surface area contributed by atoms with Crippen LogP contribution in [0.25, 0.3) is 0 Å². The molecule has 0 unspecified atom stereocenters. The van der Waals surface area contributed by atoms with Gasteiger partial charge < -0.3 is 15.4 Å². The summed E-state index contributed by atoms with van der Waals surface area (Å²) in [4.78, 5) is 6.52. The number of hydrogen-bond donors (Lipinski definition) is 2. The Bertz CT molecular complexity index is 622. The van der Waals surface area contributed by atoms with Gasteiger partial charge in [0, 0.05) is 26.2 Å². The number of morpholine rings is 1. The van der Waals surface area contributed by atoms with Crippen molar-refractivity contribution in [2.75, 3.05) is 45.9 Å². The molecule has 0 spiro atoms. The van der Waals surface area contributed by atoms with Gasteiger partial charge in [-0.05, 0) is 37.6 Å². The van der Waals surface area contributed by atoms with Crippen LogP contribution in [0, 0.1) is 5.82 Å². The van der Waals surface area contributed by atoms with Crippen molar-refractivity contribution >= 4 is 29.9 Å². The van der Waals surface area contributed by atoms with E-state index >= 15 is 0 Å². The molecular formula is C18H27F4IN4O. The van der Waals surface area contributed by atoms with Crippen LogP contribution in [0.3, 0.4) is 0 Å². The molecule has 0 aromatic heterocycles. The molecule has 5 nitrogen and oxygen atoms in total. The third-order valence-corrected chi connectivity index (χ3v) is 4.18. The predicted octanol–water partition coefficient (Wildman–Crippen LogP) is 3.24. The summed E-state index contributed by atoms with van der Waals surface area (Å²) in [5.41, 5.74) is -1.05. The van der Waals surface area contributed by atoms with Crippen LogP contribution >= 0.6 is 24.0 Å². The summed E-state index contributed by atoms with van der Waals surface area (Å²) in [5.74, 6) is -0.472. The Morgan fingerprint density at radius 3 is 2.57 bits per heavy atom. The minimum absolute atomic E-state index is 0. The van der Waals surface area contributed by atoms with E-state index in [1.54, 1.807) is 0 Å². The van der Waals surface area contributed by atoms with Crippen molar-refractivity contribution in [1.82, 2.24) is 15.5 Å². The van der Waals surface area contributed by atoms with Gasteiger partial charge in [-0.2, -0.15) is 13.2 Å². The third-order valence-electron chi connectivity index (χ3n) is 4.18. The molecule has 0 amide bonds. The Hall–Kier alpha value is -1.14. The molecule has 1 aromatic rings. The van der Waals surface area contributed by atoms with E-state index in [0.717, 1.165) is 51.4 Å². The summed E-state index contributed by atoms with van der Waals surface area (Å²) in [6.07, 6.45) is -3.73. The number of guanidine groups is 1. The number of ether oxygens (including phenoxy) is 1. The number of halogens is 5. The van der Waals surface area contributed by atoms with Crippen molar-refractivity contribution in [2.45, 2.75) is 26.1 Å². The zero-order valence-electron chi connectivity index (χ0n) is 15.8. The Labute approximate surface area is 179 Å². The molecule has 0 saturated carbocycles. The zero-order chi connectivity index (χ0) is 19.7. The SMILES string of the molecule is CCNC(=NCc1ccc(F)cc1C(F)(F)F)NCCCN1CCOCC1.I. The molecule has 1 aromatic carbocycles. The van der Waals surface area contributed by atoms with Gasteiger partial charge in [0.25, 0.3) is 0 Å². The van der Waals surface area contributed by atoms with Crippen LogP contribution in [0.4, 0.5) is 17.6 Å². The van der Waals surface area contributed by atoms with Gasteiger partial charge in [-0.15, -0.1) is 24.0 Å². The van der Waals surface area contributed by atoms with E-state index in [1.807, 2.05) is 6.92 Å². The fourth-order valence-corrected chi connectivity index (χ4v) is 2.79. The van der Waals surface area contributed by atoms with Gasteiger partial charge in [-0.25, -0.2) is 9.38 Å². The minimum atomic E-state index is -4.61. The topological polar surface area (TPSA) is 48.9 Å². The summed E-state index contributed by atoms with van der Waals surface area (Å²) in [7, 11) is 0. The van der Waals surface area contributed by atoms with Crippen molar-refractivity contribution in [1.29, 1.82) is 0 Å². The van der Waals surface area contributed by atoms with Crippen molar-refractivity contribution in [3.63, 3.8) is 0 Å². The summed E-state index contributed by atoms with van der Waals surface area (Å²) >= 11 is 0. The Kier molecular flexibility index (Phi) is 11.1. The third kappa shape index (κ3) is 8.48. The normalized spacial score (nSPS) is 15.8. The first kappa shape index (κ1) is 24.9. The van der Waals surface area contributed by atoms with E-state index in [9.17, 15) is 17.6 Å². The van der Waals surface area contributed by atoms with Gasteiger partial charge in [0.2, 0.25) is 0 Å². The Morgan fingerprint density at radius 1 is 1.21 bits per heavy atom. The van der Waals surface area contributed by atoms with Gasteiger partial charge >= 0.3 is 6.18 Å². The largest absolute Gasteiger partial charge is 0.416 e. The van der Waals surface area contributed by atoms with E-state index in [-0.39, 0.29) is 36.1 Å². The van der Waals surface area contributed by atoms with Crippen LogP contribution in [-0.4, -0.2) is 56.8 Å². The van der Waals surface area contributed by atoms with Crippen LogP contribution in [-0.2, 0) is 17.5 Å². The van der Waals surface area contributed by atoms with E-state index in [0.29, 0.717) is 25.1 Å². The maximum atomic E-state index is 13.2. The molecule has 10 heteroatoms. The maximum Gasteiger partial charge on any atom is 0.416 e. The van der Waals surface area contributed by atoms with Crippen LogP contribution in [0.15, 0.2) is 23.2 Å². The highest BCUT2D eigenvalue weighted by Gasteiger charge is 2.33. The molecular weight excluding hydrogens is 491 g/mol. The van der Waals surface area contributed by atoms with E-state index in [2.05, 4.69) is 20.5 Å². The van der Waals surface area contributed by atoms with Gasteiger partial charge in [-0.3, -0.25) is 4.90 Å². The fraction of sp³-hybridized carbons (Fsp3) is 0.611. The first-order valence-electron chi connectivity index (χ1n) is 9.08. The number of nitrogens with one attached hydrogen (secondary N) is 2. The zero-order valence-corrected chi connectivity index (χ0v) is 18.1. The lowest BCUT2D eigenvalue weighted by molar-refractivity contribution is -0.138. The monoisotopic (exact) mass is 518 g/mol. The number of benzene rings is 1. The van der Waals surface area contributed by atoms with Gasteiger partial charge in [-0.1, -0.05) is 6.07 Å². The number of nitrogens with zero attached hydrogens (tertiary/aromatic N) is 2. The van der Waals surface area contributed by atoms with Crippen LogP contribution < -0.4 is 10.6 Å². The minimum Gasteiger partial charge on any atom is -0.379 e. The fourth-order valence-electron chi connectivity index (χ4n) is 2.79. The summed E-state index contributed by atoms with van der Waals surface area (Å²) in [6.45, 7) is 7.18. The molecule has 160 valence electrons.